The van der Waals surface area contributed by atoms with Gasteiger partial charge in [-0.2, -0.15) is 13.5 Å². The van der Waals surface area contributed by atoms with Crippen LogP contribution in [0.4, 0.5) is 4.79 Å². The quantitative estimate of drug-likeness (QED) is 0.425. The van der Waals surface area contributed by atoms with Gasteiger partial charge in [-0.15, -0.1) is 4.28 Å². The van der Waals surface area contributed by atoms with E-state index in [1.807, 2.05) is 10.8 Å². The molecule has 0 aliphatic carbocycles. The predicted octanol–water partition coefficient (Wildman–Crippen LogP) is -1.53. The van der Waals surface area contributed by atoms with Crippen molar-refractivity contribution in [3.8, 4) is 0 Å². The Morgan fingerprint density at radius 2 is 2.13 bits per heavy atom. The normalized spacial score (nSPS) is 28.8. The molecule has 3 aliphatic rings. The van der Waals surface area contributed by atoms with Crippen LogP contribution in [0.2, 0.25) is 0 Å². The number of rotatable bonds is 7. The number of imidazole rings is 1. The zero-order valence-electron chi connectivity index (χ0n) is 15.9. The van der Waals surface area contributed by atoms with Gasteiger partial charge in [0.1, 0.15) is 6.04 Å². The number of nitrogens with one attached hydrogen (secondary N) is 2. The summed E-state index contributed by atoms with van der Waals surface area (Å²) in [4.78, 5) is 42.6. The molecule has 14 heteroatoms. The summed E-state index contributed by atoms with van der Waals surface area (Å²) < 4.78 is 36.9. The summed E-state index contributed by atoms with van der Waals surface area (Å²) in [7, 11) is -4.85. The molecule has 4 heterocycles. The largest absolute Gasteiger partial charge is 0.418 e. The van der Waals surface area contributed by atoms with Crippen molar-refractivity contribution < 1.29 is 31.6 Å². The van der Waals surface area contributed by atoms with E-state index >= 15 is 0 Å². The number of piperidine rings is 1. The summed E-state index contributed by atoms with van der Waals surface area (Å²) in [6.07, 6.45) is 6.39. The van der Waals surface area contributed by atoms with Gasteiger partial charge in [0.15, 0.2) is 5.78 Å². The lowest BCUT2D eigenvalue weighted by atomic mass is 10.00. The number of fused-ring (bicyclic) bond motifs is 2. The third-order valence-corrected chi connectivity index (χ3v) is 6.03. The van der Waals surface area contributed by atoms with Gasteiger partial charge < -0.3 is 20.1 Å². The molecule has 2 bridgehead atoms. The van der Waals surface area contributed by atoms with Crippen molar-refractivity contribution in [2.24, 2.45) is 0 Å². The lowest BCUT2D eigenvalue weighted by molar-refractivity contribution is -0.129. The highest BCUT2D eigenvalue weighted by molar-refractivity contribution is 7.80. The summed E-state index contributed by atoms with van der Waals surface area (Å²) >= 11 is 0. The minimum atomic E-state index is -4.85. The number of aromatic nitrogens is 2. The molecule has 1 aromatic heterocycles. The molecule has 1 aromatic rings. The van der Waals surface area contributed by atoms with Crippen molar-refractivity contribution in [2.75, 3.05) is 19.6 Å². The Kier molecular flexibility index (Phi) is 5.48. The van der Waals surface area contributed by atoms with Crippen LogP contribution in [0.15, 0.2) is 18.7 Å². The summed E-state index contributed by atoms with van der Waals surface area (Å²) in [5, 5.41) is 6.29. The molecule has 0 saturated carbocycles. The molecule has 4 rings (SSSR count). The van der Waals surface area contributed by atoms with Gasteiger partial charge in [0.05, 0.1) is 25.0 Å². The third kappa shape index (κ3) is 4.16. The average Bonchev–Trinajstić information content (AvgIpc) is 3.43. The molecular weight excluding hydrogens is 420 g/mol. The first kappa shape index (κ1) is 20.7. The number of hydrogen-bond acceptors (Lipinski definition) is 8. The lowest BCUT2D eigenvalue weighted by Crippen LogP contribution is -2.51. The number of carbonyl (C=O) groups is 3. The molecule has 3 N–H and O–H groups in total. The van der Waals surface area contributed by atoms with Gasteiger partial charge in [0.25, 0.3) is 0 Å². The van der Waals surface area contributed by atoms with Crippen molar-refractivity contribution >= 4 is 28.1 Å². The fraction of sp³-hybridized carbons (Fsp3) is 0.625. The van der Waals surface area contributed by atoms with E-state index in [1.54, 1.807) is 12.5 Å². The van der Waals surface area contributed by atoms with Gasteiger partial charge in [-0.3, -0.25) is 14.1 Å². The zero-order chi connectivity index (χ0) is 21.5. The van der Waals surface area contributed by atoms with Gasteiger partial charge in [-0.05, 0) is 19.3 Å². The number of carbonyl (C=O) groups excluding carboxylic acids is 3. The second kappa shape index (κ2) is 7.94. The average molecular weight is 442 g/mol. The monoisotopic (exact) mass is 442 g/mol. The SMILES string of the molecule is O=C(CNC(=O)[C@@H]1CC[C@@H]2CN1C(=O)N2OS(=O)(=O)O)[C@@H]1C[C@H](n2ccnc2)CN1. The van der Waals surface area contributed by atoms with Gasteiger partial charge in [0, 0.05) is 31.5 Å². The van der Waals surface area contributed by atoms with E-state index in [1.165, 1.54) is 4.90 Å². The van der Waals surface area contributed by atoms with Crippen molar-refractivity contribution in [1.29, 1.82) is 0 Å². The minimum absolute atomic E-state index is 0.0944. The minimum Gasteiger partial charge on any atom is -0.347 e. The Morgan fingerprint density at radius 1 is 1.33 bits per heavy atom. The smallest absolute Gasteiger partial charge is 0.347 e. The number of hydroxylamine groups is 2. The van der Waals surface area contributed by atoms with Crippen LogP contribution in [0, 0.1) is 0 Å². The molecule has 164 valence electrons. The van der Waals surface area contributed by atoms with Crippen LogP contribution >= 0.6 is 0 Å². The molecule has 3 saturated heterocycles. The van der Waals surface area contributed by atoms with Crippen LogP contribution in [-0.2, 0) is 24.3 Å². The maximum Gasteiger partial charge on any atom is 0.418 e. The fourth-order valence-electron chi connectivity index (χ4n) is 4.19. The summed E-state index contributed by atoms with van der Waals surface area (Å²) in [6.45, 7) is 0.536. The topological polar surface area (TPSA) is 163 Å². The third-order valence-electron chi connectivity index (χ3n) is 5.68. The molecule has 0 unspecified atom stereocenters. The first-order valence-corrected chi connectivity index (χ1v) is 10.9. The van der Waals surface area contributed by atoms with Crippen LogP contribution in [0.3, 0.4) is 0 Å². The van der Waals surface area contributed by atoms with Crippen LogP contribution in [-0.4, -0.2) is 88.0 Å². The summed E-state index contributed by atoms with van der Waals surface area (Å²) in [6, 6.07) is -2.51. The molecule has 0 aromatic carbocycles. The van der Waals surface area contributed by atoms with E-state index in [9.17, 15) is 22.8 Å². The molecule has 30 heavy (non-hydrogen) atoms. The highest BCUT2D eigenvalue weighted by Crippen LogP contribution is 2.30. The first-order valence-electron chi connectivity index (χ1n) is 9.51. The van der Waals surface area contributed by atoms with E-state index in [-0.39, 0.29) is 37.4 Å². The summed E-state index contributed by atoms with van der Waals surface area (Å²) in [5.74, 6) is -0.656. The number of ketones is 1. The molecule has 0 spiro atoms. The van der Waals surface area contributed by atoms with Gasteiger partial charge in [-0.25, -0.2) is 9.78 Å². The van der Waals surface area contributed by atoms with Gasteiger partial charge in [0.2, 0.25) is 5.91 Å². The first-order chi connectivity index (χ1) is 14.2. The number of urea groups is 1. The molecule has 0 radical (unpaired) electrons. The van der Waals surface area contributed by atoms with Crippen molar-refractivity contribution in [2.45, 2.75) is 43.4 Å². The molecule has 3 aliphatic heterocycles. The second-order valence-electron chi connectivity index (χ2n) is 7.55. The second-order valence-corrected chi connectivity index (χ2v) is 8.56. The molecule has 3 amide bonds. The van der Waals surface area contributed by atoms with Crippen LogP contribution < -0.4 is 10.6 Å². The maximum atomic E-state index is 12.6. The Bertz CT molecular complexity index is 936. The highest BCUT2D eigenvalue weighted by Gasteiger charge is 2.49. The molecular formula is C16H22N6O7S. The van der Waals surface area contributed by atoms with E-state index in [0.717, 1.165) is 0 Å². The van der Waals surface area contributed by atoms with E-state index in [2.05, 4.69) is 19.9 Å². The van der Waals surface area contributed by atoms with Crippen molar-refractivity contribution in [1.82, 2.24) is 30.1 Å². The van der Waals surface area contributed by atoms with Crippen LogP contribution in [0.1, 0.15) is 25.3 Å². The Hall–Kier alpha value is -2.55. The number of Topliss-reactive ketones (excluding diaryl/α,β-unsaturated/α-hetero) is 1. The van der Waals surface area contributed by atoms with Gasteiger partial charge in [-0.1, -0.05) is 0 Å². The standard InChI is InChI=1S/C16H22N6O7S/c23-14(12-5-11(6-18-12)20-4-3-17-9-20)7-19-15(24)13-2-1-10-8-21(13)16(25)22(10)29-30(26,27)28/h3-4,9-13,18H,1-2,5-8H2,(H,19,24)(H,26,27,28)/t10-,11+,12+,13+/m1/s1. The highest BCUT2D eigenvalue weighted by atomic mass is 32.3. The maximum absolute atomic E-state index is 12.6. The van der Waals surface area contributed by atoms with Crippen LogP contribution in [0.25, 0.3) is 0 Å². The molecule has 4 atom stereocenters. The zero-order valence-corrected chi connectivity index (χ0v) is 16.7. The lowest BCUT2D eigenvalue weighted by Gasteiger charge is -2.29. The van der Waals surface area contributed by atoms with E-state index in [0.29, 0.717) is 24.4 Å². The number of amides is 3. The summed E-state index contributed by atoms with van der Waals surface area (Å²) in [5.41, 5.74) is 0. The Morgan fingerprint density at radius 3 is 2.83 bits per heavy atom. The molecule has 3 fully saturated rings. The Balaban J connectivity index is 1.29. The van der Waals surface area contributed by atoms with E-state index in [4.69, 9.17) is 4.55 Å². The number of nitrogens with zero attached hydrogens (tertiary/aromatic N) is 4. The van der Waals surface area contributed by atoms with Gasteiger partial charge >= 0.3 is 16.4 Å². The number of hydrogen-bond donors (Lipinski definition) is 3. The fourth-order valence-corrected chi connectivity index (χ4v) is 4.58. The Labute approximate surface area is 172 Å². The predicted molar refractivity (Wildman–Crippen MR) is 99.1 cm³/mol. The van der Waals surface area contributed by atoms with Crippen LogP contribution in [0.5, 0.6) is 0 Å². The van der Waals surface area contributed by atoms with Crippen molar-refractivity contribution in [3.05, 3.63) is 18.7 Å². The van der Waals surface area contributed by atoms with Crippen molar-refractivity contribution in [3.63, 3.8) is 0 Å². The molecule has 13 nitrogen and oxygen atoms in total. The van der Waals surface area contributed by atoms with E-state index < -0.39 is 34.4 Å².